The summed E-state index contributed by atoms with van der Waals surface area (Å²) in [6.45, 7) is 15.0. The van der Waals surface area contributed by atoms with Crippen LogP contribution in [0, 0.1) is 0 Å². The third kappa shape index (κ3) is 8.36. The van der Waals surface area contributed by atoms with Crippen molar-refractivity contribution in [2.45, 2.75) is 115 Å². The van der Waals surface area contributed by atoms with E-state index in [1.807, 2.05) is 6.26 Å². The molecule has 2 heterocycles. The number of rotatable bonds is 13. The number of aromatic nitrogens is 4. The number of quaternary nitrogens is 1. The molecule has 0 radical (unpaired) electrons. The molecule has 188 valence electrons. The lowest BCUT2D eigenvalue weighted by atomic mass is 9.97. The summed E-state index contributed by atoms with van der Waals surface area (Å²) in [6.07, 6.45) is 17.5. The lowest BCUT2D eigenvalue weighted by Gasteiger charge is -2.39. The molecule has 0 saturated heterocycles. The summed E-state index contributed by atoms with van der Waals surface area (Å²) in [5.41, 5.74) is 2.33. The smallest absolute Gasteiger partial charge is 0.251 e. The van der Waals surface area contributed by atoms with Gasteiger partial charge in [0.1, 0.15) is 0 Å². The number of aryl methyl sites for hydroxylation is 1. The highest BCUT2D eigenvalue weighted by molar-refractivity contribution is 7.98. The maximum atomic E-state index is 5.45. The van der Waals surface area contributed by atoms with Crippen molar-refractivity contribution in [1.82, 2.24) is 19.6 Å². The number of hydrogen-bond acceptors (Lipinski definition) is 5. The van der Waals surface area contributed by atoms with Crippen molar-refractivity contribution in [1.29, 1.82) is 0 Å². The largest absolute Gasteiger partial charge is 0.760 e. The van der Waals surface area contributed by atoms with Crippen LogP contribution < -0.4 is 0 Å². The highest BCUT2D eigenvalue weighted by Crippen LogP contribution is 2.24. The molecule has 2 aromatic heterocycles. The maximum absolute atomic E-state index is 5.45. The van der Waals surface area contributed by atoms with Crippen LogP contribution in [0.3, 0.4) is 0 Å². The standard InChI is InChI=1S/C16H36N.C10H12N4S2/c1-5-9-13-17(14-10-6-2,15-11-7-3)16-12-8-4;1-16-10-12-9-11-7-5-3-2-4-6(7)8(15)14(9)13-10/h5-16H2,1-4H3;15H,2-5H2,1H3/q+1;/p-1. The normalized spacial score (nSPS) is 13.6. The molecule has 7 heteroatoms. The lowest BCUT2D eigenvalue weighted by Crippen LogP contribution is -2.50. The third-order valence-electron chi connectivity index (χ3n) is 6.82. The van der Waals surface area contributed by atoms with Gasteiger partial charge in [0, 0.05) is 5.69 Å². The van der Waals surface area contributed by atoms with Crippen molar-refractivity contribution in [2.75, 3.05) is 32.4 Å². The second kappa shape index (κ2) is 15.2. The highest BCUT2D eigenvalue weighted by Gasteiger charge is 2.24. The quantitative estimate of drug-likeness (QED) is 0.135. The first-order valence-corrected chi connectivity index (χ1v) is 15.0. The van der Waals surface area contributed by atoms with E-state index < -0.39 is 0 Å². The van der Waals surface area contributed by atoms with Gasteiger partial charge in [-0.2, -0.15) is 4.98 Å². The Balaban J connectivity index is 0.000000233. The molecule has 5 nitrogen and oxygen atoms in total. The number of fused-ring (bicyclic) bond motifs is 2. The molecular formula is C26H47N5S2. The van der Waals surface area contributed by atoms with Crippen molar-refractivity contribution in [2.24, 2.45) is 0 Å². The first kappa shape index (κ1) is 28.3. The molecule has 0 N–H and O–H groups in total. The van der Waals surface area contributed by atoms with Crippen LogP contribution in [0.25, 0.3) is 5.78 Å². The van der Waals surface area contributed by atoms with Gasteiger partial charge in [0.25, 0.3) is 5.78 Å². The van der Waals surface area contributed by atoms with E-state index in [1.54, 1.807) is 4.52 Å². The summed E-state index contributed by atoms with van der Waals surface area (Å²) >= 11 is 6.97. The van der Waals surface area contributed by atoms with E-state index in [0.29, 0.717) is 5.78 Å². The molecule has 2 aromatic rings. The van der Waals surface area contributed by atoms with Gasteiger partial charge in [0.2, 0.25) is 5.16 Å². The van der Waals surface area contributed by atoms with Gasteiger partial charge in [0.05, 0.1) is 26.2 Å². The molecule has 0 unspecified atom stereocenters. The van der Waals surface area contributed by atoms with E-state index in [0.717, 1.165) is 28.7 Å². The number of unbranched alkanes of at least 4 members (excludes halogenated alkanes) is 4. The summed E-state index contributed by atoms with van der Waals surface area (Å²) in [5, 5.41) is 5.88. The van der Waals surface area contributed by atoms with Crippen LogP contribution in [0.15, 0.2) is 10.2 Å². The van der Waals surface area contributed by atoms with Crippen LogP contribution in [0.2, 0.25) is 0 Å². The predicted molar refractivity (Wildman–Crippen MR) is 144 cm³/mol. The minimum absolute atomic E-state index is 0.648. The van der Waals surface area contributed by atoms with Crippen LogP contribution in [0.5, 0.6) is 0 Å². The number of hydrogen-bond donors (Lipinski definition) is 0. The van der Waals surface area contributed by atoms with E-state index >= 15 is 0 Å². The van der Waals surface area contributed by atoms with Gasteiger partial charge in [0.15, 0.2) is 0 Å². The summed E-state index contributed by atoms with van der Waals surface area (Å²) in [7, 11) is 0. The Hall–Kier alpha value is -0.920. The minimum Gasteiger partial charge on any atom is -0.760 e. The molecule has 0 fully saturated rings. The van der Waals surface area contributed by atoms with Crippen molar-refractivity contribution >= 4 is 30.2 Å². The van der Waals surface area contributed by atoms with Gasteiger partial charge in [-0.3, -0.25) is 0 Å². The molecule has 0 saturated carbocycles. The van der Waals surface area contributed by atoms with Crippen LogP contribution in [-0.2, 0) is 25.5 Å². The summed E-state index contributed by atoms with van der Waals surface area (Å²) < 4.78 is 3.12. The van der Waals surface area contributed by atoms with Gasteiger partial charge >= 0.3 is 0 Å². The van der Waals surface area contributed by atoms with Gasteiger partial charge in [-0.1, -0.05) is 70.2 Å². The van der Waals surface area contributed by atoms with E-state index in [4.69, 9.17) is 12.6 Å². The van der Waals surface area contributed by atoms with Crippen molar-refractivity contribution < 1.29 is 4.48 Å². The van der Waals surface area contributed by atoms with Gasteiger partial charge in [-0.05, 0) is 63.2 Å². The number of nitrogens with zero attached hydrogens (tertiary/aromatic N) is 5. The molecule has 0 amide bonds. The zero-order valence-electron chi connectivity index (χ0n) is 21.9. The molecule has 0 aliphatic heterocycles. The maximum Gasteiger partial charge on any atom is 0.251 e. The Morgan fingerprint density at radius 2 is 1.33 bits per heavy atom. The molecule has 3 rings (SSSR count). The summed E-state index contributed by atoms with van der Waals surface area (Å²) in [6, 6.07) is 0. The van der Waals surface area contributed by atoms with Crippen molar-refractivity contribution in [3.05, 3.63) is 11.3 Å². The predicted octanol–water partition coefficient (Wildman–Crippen LogP) is 6.63. The molecule has 1 aliphatic rings. The van der Waals surface area contributed by atoms with E-state index in [1.165, 1.54) is 112 Å². The van der Waals surface area contributed by atoms with Gasteiger partial charge in [-0.25, -0.2) is 9.50 Å². The van der Waals surface area contributed by atoms with Crippen LogP contribution in [-0.4, -0.2) is 56.5 Å². The Bertz CT molecular complexity index is 783. The third-order valence-corrected chi connectivity index (χ3v) is 7.78. The molecular weight excluding hydrogens is 446 g/mol. The average molecular weight is 494 g/mol. The Labute approximate surface area is 212 Å². The second-order valence-electron chi connectivity index (χ2n) is 9.51. The SMILES string of the molecule is CCCC[N+](CCCC)(CCCC)CCCC.CSc1nc2nc3c(c([S-])n2n1)CCCC3. The van der Waals surface area contributed by atoms with Crippen LogP contribution in [0.4, 0.5) is 0 Å². The average Bonchev–Trinajstić information content (AvgIpc) is 3.27. The zero-order valence-corrected chi connectivity index (χ0v) is 23.5. The lowest BCUT2D eigenvalue weighted by molar-refractivity contribution is -0.929. The minimum atomic E-state index is 0.648. The number of thioether (sulfide) groups is 1. The molecule has 0 spiro atoms. The Kier molecular flexibility index (Phi) is 13.0. The highest BCUT2D eigenvalue weighted by atomic mass is 32.2. The van der Waals surface area contributed by atoms with Crippen molar-refractivity contribution in [3.8, 4) is 0 Å². The topological polar surface area (TPSA) is 43.1 Å². The summed E-state index contributed by atoms with van der Waals surface area (Å²) in [4.78, 5) is 8.89. The zero-order chi connectivity index (χ0) is 24.1. The molecule has 0 bridgehead atoms. The fraction of sp³-hybridized carbons (Fsp3) is 0.808. The Morgan fingerprint density at radius 1 is 0.818 bits per heavy atom. The second-order valence-corrected chi connectivity index (χ2v) is 10.7. The van der Waals surface area contributed by atoms with Crippen LogP contribution in [0.1, 0.15) is 103 Å². The molecule has 0 atom stereocenters. The Morgan fingerprint density at radius 3 is 1.82 bits per heavy atom. The molecule has 0 aromatic carbocycles. The fourth-order valence-electron chi connectivity index (χ4n) is 4.72. The van der Waals surface area contributed by atoms with Crippen LogP contribution >= 0.6 is 11.8 Å². The van der Waals surface area contributed by atoms with E-state index in [-0.39, 0.29) is 0 Å². The first-order chi connectivity index (χ1) is 16.0. The van der Waals surface area contributed by atoms with Gasteiger partial charge < -0.3 is 17.1 Å². The molecule has 1 aliphatic carbocycles. The van der Waals surface area contributed by atoms with Crippen molar-refractivity contribution in [3.63, 3.8) is 0 Å². The van der Waals surface area contributed by atoms with E-state index in [9.17, 15) is 0 Å². The molecule has 33 heavy (non-hydrogen) atoms. The van der Waals surface area contributed by atoms with E-state index in [2.05, 4.69) is 42.8 Å². The van der Waals surface area contributed by atoms with Gasteiger partial charge in [-0.15, -0.1) is 5.10 Å². The monoisotopic (exact) mass is 493 g/mol. The summed E-state index contributed by atoms with van der Waals surface area (Å²) in [5.74, 6) is 0.648. The fourth-order valence-corrected chi connectivity index (χ4v) is 5.40. The first-order valence-electron chi connectivity index (χ1n) is 13.4.